The van der Waals surface area contributed by atoms with Crippen LogP contribution in [0, 0.1) is 5.92 Å². The maximum atomic E-state index is 6.11. The first-order valence-electron chi connectivity index (χ1n) is 8.54. The summed E-state index contributed by atoms with van der Waals surface area (Å²) in [6, 6.07) is 9.00. The lowest BCUT2D eigenvalue weighted by Crippen LogP contribution is -2.20. The first-order chi connectivity index (χ1) is 9.83. The first kappa shape index (κ1) is 15.6. The Labute approximate surface area is 124 Å². The van der Waals surface area contributed by atoms with Crippen molar-refractivity contribution in [2.75, 3.05) is 6.61 Å². The predicted octanol–water partition coefficient (Wildman–Crippen LogP) is 5.69. The topological polar surface area (TPSA) is 9.23 Å². The van der Waals surface area contributed by atoms with Gasteiger partial charge in [0, 0.05) is 0 Å². The molecule has 0 aromatic heterocycles. The molecule has 1 saturated heterocycles. The lowest BCUT2D eigenvalue weighted by atomic mass is 9.90. The van der Waals surface area contributed by atoms with E-state index in [4.69, 9.17) is 4.74 Å². The lowest BCUT2D eigenvalue weighted by molar-refractivity contribution is -0.0199. The Morgan fingerprint density at radius 1 is 1.00 bits per heavy atom. The third-order valence-corrected chi connectivity index (χ3v) is 4.60. The van der Waals surface area contributed by atoms with Gasteiger partial charge in [-0.2, -0.15) is 0 Å². The summed E-state index contributed by atoms with van der Waals surface area (Å²) in [5.74, 6) is 0.804. The van der Waals surface area contributed by atoms with Crippen LogP contribution in [-0.2, 0) is 11.2 Å². The molecule has 1 aliphatic rings. The van der Waals surface area contributed by atoms with Crippen molar-refractivity contribution >= 4 is 0 Å². The van der Waals surface area contributed by atoms with E-state index in [0.717, 1.165) is 18.9 Å². The molecule has 1 aliphatic heterocycles. The zero-order valence-electron chi connectivity index (χ0n) is 13.2. The molecular weight excluding hydrogens is 244 g/mol. The molecule has 2 unspecified atom stereocenters. The number of benzene rings is 1. The monoisotopic (exact) mass is 274 g/mol. The third-order valence-electron chi connectivity index (χ3n) is 4.60. The molecule has 0 bridgehead atoms. The Morgan fingerprint density at radius 2 is 1.80 bits per heavy atom. The van der Waals surface area contributed by atoms with Crippen molar-refractivity contribution < 1.29 is 4.74 Å². The van der Waals surface area contributed by atoms with Crippen LogP contribution in [0.3, 0.4) is 0 Å². The number of aryl methyl sites for hydroxylation is 1. The predicted molar refractivity (Wildman–Crippen MR) is 86.0 cm³/mol. The summed E-state index contributed by atoms with van der Waals surface area (Å²) >= 11 is 0. The van der Waals surface area contributed by atoms with E-state index in [0.29, 0.717) is 6.10 Å². The second kappa shape index (κ2) is 8.46. The minimum absolute atomic E-state index is 0.341. The Morgan fingerprint density at radius 3 is 2.40 bits per heavy atom. The summed E-state index contributed by atoms with van der Waals surface area (Å²) in [4.78, 5) is 0. The number of ether oxygens (including phenoxy) is 1. The van der Waals surface area contributed by atoms with Crippen LogP contribution in [0.2, 0.25) is 0 Å². The van der Waals surface area contributed by atoms with E-state index in [2.05, 4.69) is 38.1 Å². The summed E-state index contributed by atoms with van der Waals surface area (Å²) in [5, 5.41) is 0. The van der Waals surface area contributed by atoms with E-state index in [9.17, 15) is 0 Å². The third kappa shape index (κ3) is 4.63. The van der Waals surface area contributed by atoms with Crippen LogP contribution in [0.5, 0.6) is 0 Å². The molecule has 1 heterocycles. The minimum atomic E-state index is 0.341. The Balaban J connectivity index is 1.73. The maximum Gasteiger partial charge on any atom is 0.0825 e. The molecule has 2 rings (SSSR count). The van der Waals surface area contributed by atoms with Crippen molar-refractivity contribution in [2.45, 2.75) is 71.3 Å². The maximum absolute atomic E-state index is 6.11. The standard InChI is InChI=1S/C19H30O/c1-3-5-6-7-8-17-11-14-19(20-15-17)18-12-9-16(4-2)10-13-18/h9-10,12-13,17,19H,3-8,11,14-15H2,1-2H3. The van der Waals surface area contributed by atoms with Crippen LogP contribution in [0.15, 0.2) is 24.3 Å². The molecule has 0 spiro atoms. The fraction of sp³-hybridized carbons (Fsp3) is 0.684. The van der Waals surface area contributed by atoms with Gasteiger partial charge in [0.1, 0.15) is 0 Å². The first-order valence-corrected chi connectivity index (χ1v) is 8.54. The van der Waals surface area contributed by atoms with Crippen LogP contribution in [0.25, 0.3) is 0 Å². The van der Waals surface area contributed by atoms with Gasteiger partial charge in [-0.05, 0) is 42.7 Å². The van der Waals surface area contributed by atoms with Gasteiger partial charge >= 0.3 is 0 Å². The molecule has 0 amide bonds. The van der Waals surface area contributed by atoms with Crippen molar-refractivity contribution in [1.29, 1.82) is 0 Å². The molecule has 0 radical (unpaired) electrons. The van der Waals surface area contributed by atoms with Gasteiger partial charge in [0.05, 0.1) is 12.7 Å². The van der Waals surface area contributed by atoms with Gasteiger partial charge in [0.2, 0.25) is 0 Å². The van der Waals surface area contributed by atoms with Crippen LogP contribution < -0.4 is 0 Å². The molecule has 1 aromatic rings. The van der Waals surface area contributed by atoms with Crippen molar-refractivity contribution in [3.05, 3.63) is 35.4 Å². The molecule has 2 atom stereocenters. The molecule has 0 aliphatic carbocycles. The largest absolute Gasteiger partial charge is 0.373 e. The highest BCUT2D eigenvalue weighted by Crippen LogP contribution is 2.32. The Kier molecular flexibility index (Phi) is 6.59. The van der Waals surface area contributed by atoms with E-state index >= 15 is 0 Å². The molecule has 1 fully saturated rings. The van der Waals surface area contributed by atoms with Crippen LogP contribution >= 0.6 is 0 Å². The average molecular weight is 274 g/mol. The molecule has 0 N–H and O–H groups in total. The summed E-state index contributed by atoms with van der Waals surface area (Å²) in [5.41, 5.74) is 2.78. The van der Waals surface area contributed by atoms with Crippen LogP contribution in [0.1, 0.15) is 76.0 Å². The molecule has 1 aromatic carbocycles. The highest BCUT2D eigenvalue weighted by molar-refractivity contribution is 5.24. The SMILES string of the molecule is CCCCCCC1CCC(c2ccc(CC)cc2)OC1. The normalized spacial score (nSPS) is 22.9. The van der Waals surface area contributed by atoms with E-state index in [1.54, 1.807) is 0 Å². The van der Waals surface area contributed by atoms with Crippen molar-refractivity contribution in [1.82, 2.24) is 0 Å². The summed E-state index contributed by atoms with van der Waals surface area (Å²) in [6.45, 7) is 5.44. The number of rotatable bonds is 7. The van der Waals surface area contributed by atoms with Crippen molar-refractivity contribution in [3.8, 4) is 0 Å². The van der Waals surface area contributed by atoms with Crippen LogP contribution in [0.4, 0.5) is 0 Å². The fourth-order valence-corrected chi connectivity index (χ4v) is 3.12. The molecule has 0 saturated carbocycles. The fourth-order valence-electron chi connectivity index (χ4n) is 3.12. The smallest absolute Gasteiger partial charge is 0.0825 e. The second-order valence-corrected chi connectivity index (χ2v) is 6.21. The van der Waals surface area contributed by atoms with E-state index in [1.165, 1.54) is 56.1 Å². The number of hydrogen-bond acceptors (Lipinski definition) is 1. The van der Waals surface area contributed by atoms with Crippen molar-refractivity contribution in [2.24, 2.45) is 5.92 Å². The molecule has 20 heavy (non-hydrogen) atoms. The highest BCUT2D eigenvalue weighted by atomic mass is 16.5. The van der Waals surface area contributed by atoms with E-state index < -0.39 is 0 Å². The van der Waals surface area contributed by atoms with Gasteiger partial charge in [-0.25, -0.2) is 0 Å². The summed E-state index contributed by atoms with van der Waals surface area (Å²) in [7, 11) is 0. The highest BCUT2D eigenvalue weighted by Gasteiger charge is 2.22. The zero-order chi connectivity index (χ0) is 14.2. The Bertz CT molecular complexity index is 360. The van der Waals surface area contributed by atoms with Gasteiger partial charge < -0.3 is 4.74 Å². The molecule has 112 valence electrons. The summed E-state index contributed by atoms with van der Waals surface area (Å²) < 4.78 is 6.11. The number of unbranched alkanes of at least 4 members (excludes halogenated alkanes) is 3. The summed E-state index contributed by atoms with van der Waals surface area (Å²) in [6.07, 6.45) is 10.9. The van der Waals surface area contributed by atoms with Crippen LogP contribution in [-0.4, -0.2) is 6.61 Å². The quantitative estimate of drug-likeness (QED) is 0.581. The van der Waals surface area contributed by atoms with Gasteiger partial charge in [0.15, 0.2) is 0 Å². The Hall–Kier alpha value is -0.820. The minimum Gasteiger partial charge on any atom is -0.373 e. The van der Waals surface area contributed by atoms with E-state index in [1.807, 2.05) is 0 Å². The van der Waals surface area contributed by atoms with E-state index in [-0.39, 0.29) is 0 Å². The zero-order valence-corrected chi connectivity index (χ0v) is 13.2. The molecule has 1 heteroatoms. The molecule has 1 nitrogen and oxygen atoms in total. The molecular formula is C19H30O. The van der Waals surface area contributed by atoms with Gasteiger partial charge in [-0.15, -0.1) is 0 Å². The van der Waals surface area contributed by atoms with Crippen molar-refractivity contribution in [3.63, 3.8) is 0 Å². The van der Waals surface area contributed by atoms with Gasteiger partial charge in [-0.1, -0.05) is 63.8 Å². The second-order valence-electron chi connectivity index (χ2n) is 6.21. The average Bonchev–Trinajstić information content (AvgIpc) is 2.52. The number of hydrogen-bond donors (Lipinski definition) is 0. The van der Waals surface area contributed by atoms with Gasteiger partial charge in [0.25, 0.3) is 0 Å². The van der Waals surface area contributed by atoms with Gasteiger partial charge in [-0.3, -0.25) is 0 Å². The lowest BCUT2D eigenvalue weighted by Gasteiger charge is -2.29.